The molecule has 0 aliphatic rings. The first-order chi connectivity index (χ1) is 14.6. The van der Waals surface area contributed by atoms with Crippen molar-refractivity contribution >= 4 is 0 Å². The lowest BCUT2D eigenvalue weighted by Crippen LogP contribution is -2.23. The summed E-state index contributed by atoms with van der Waals surface area (Å²) in [6.07, 6.45) is 0.415. The first-order valence-corrected chi connectivity index (χ1v) is 9.83. The van der Waals surface area contributed by atoms with Gasteiger partial charge in [-0.2, -0.15) is 10.1 Å². The molecule has 2 heterocycles. The molecular formula is C23H22N4O3. The smallest absolute Gasteiger partial charge is 0.266 e. The molecule has 0 radical (unpaired) electrons. The summed E-state index contributed by atoms with van der Waals surface area (Å²) >= 11 is 0. The number of nitrogens with zero attached hydrogens (tertiary/aromatic N) is 4. The van der Waals surface area contributed by atoms with E-state index in [9.17, 15) is 4.79 Å². The van der Waals surface area contributed by atoms with Gasteiger partial charge in [-0.05, 0) is 50.2 Å². The number of hydrogen-bond donors (Lipinski definition) is 0. The van der Waals surface area contributed by atoms with Gasteiger partial charge in [0, 0.05) is 23.6 Å². The second kappa shape index (κ2) is 8.73. The van der Waals surface area contributed by atoms with Crippen molar-refractivity contribution in [2.45, 2.75) is 26.8 Å². The number of aryl methyl sites for hydroxylation is 3. The highest BCUT2D eigenvalue weighted by Gasteiger charge is 2.10. The lowest BCUT2D eigenvalue weighted by atomic mass is 10.1. The Labute approximate surface area is 174 Å². The fourth-order valence-electron chi connectivity index (χ4n) is 3.11. The van der Waals surface area contributed by atoms with Crippen LogP contribution in [0.2, 0.25) is 0 Å². The summed E-state index contributed by atoms with van der Waals surface area (Å²) in [5, 5.41) is 8.53. The van der Waals surface area contributed by atoms with Gasteiger partial charge < -0.3 is 9.26 Å². The van der Waals surface area contributed by atoms with Gasteiger partial charge in [0.1, 0.15) is 5.75 Å². The van der Waals surface area contributed by atoms with Crippen LogP contribution in [0, 0.1) is 6.92 Å². The molecule has 152 valence electrons. The molecule has 0 N–H and O–H groups in total. The van der Waals surface area contributed by atoms with Gasteiger partial charge in [0.05, 0.1) is 18.8 Å². The summed E-state index contributed by atoms with van der Waals surface area (Å²) in [5.74, 6) is 1.80. The average Bonchev–Trinajstić information content (AvgIpc) is 3.23. The van der Waals surface area contributed by atoms with Crippen molar-refractivity contribution in [1.82, 2.24) is 19.9 Å². The number of rotatable bonds is 7. The molecule has 4 rings (SSSR count). The number of benzene rings is 2. The van der Waals surface area contributed by atoms with Crippen LogP contribution in [0.1, 0.15) is 18.4 Å². The number of hydrogen-bond acceptors (Lipinski definition) is 6. The summed E-state index contributed by atoms with van der Waals surface area (Å²) < 4.78 is 12.2. The maximum atomic E-state index is 12.2. The van der Waals surface area contributed by atoms with Crippen LogP contribution in [0.25, 0.3) is 22.6 Å². The van der Waals surface area contributed by atoms with Crippen molar-refractivity contribution in [3.8, 4) is 28.4 Å². The molecule has 0 saturated heterocycles. The number of aromatic nitrogens is 4. The van der Waals surface area contributed by atoms with Crippen molar-refractivity contribution in [2.24, 2.45) is 0 Å². The van der Waals surface area contributed by atoms with Gasteiger partial charge in [0.15, 0.2) is 0 Å². The van der Waals surface area contributed by atoms with Gasteiger partial charge in [-0.3, -0.25) is 4.79 Å². The average molecular weight is 402 g/mol. The van der Waals surface area contributed by atoms with Crippen LogP contribution in [-0.2, 0) is 13.0 Å². The van der Waals surface area contributed by atoms with E-state index in [1.54, 1.807) is 6.07 Å². The highest BCUT2D eigenvalue weighted by atomic mass is 16.5. The van der Waals surface area contributed by atoms with E-state index in [0.717, 1.165) is 22.4 Å². The summed E-state index contributed by atoms with van der Waals surface area (Å²) in [6.45, 7) is 4.92. The third kappa shape index (κ3) is 4.46. The predicted octanol–water partition coefficient (Wildman–Crippen LogP) is 3.91. The summed E-state index contributed by atoms with van der Waals surface area (Å²) in [5.41, 5.74) is 3.47. The minimum Gasteiger partial charge on any atom is -0.494 e. The standard InChI is InChI=1S/C23H22N4O3/c1-3-29-19-9-7-17(8-10-19)20-11-12-22(28)27(25-20)14-13-21-24-23(26-30-21)18-6-4-5-16(2)15-18/h4-12,15H,3,13-14H2,1-2H3. The van der Waals surface area contributed by atoms with Crippen molar-refractivity contribution in [2.75, 3.05) is 6.61 Å². The molecule has 30 heavy (non-hydrogen) atoms. The van der Waals surface area contributed by atoms with Gasteiger partial charge in [0.2, 0.25) is 11.7 Å². The molecule has 0 unspecified atom stereocenters. The molecule has 4 aromatic rings. The Bertz CT molecular complexity index is 1200. The Morgan fingerprint density at radius 1 is 1.03 bits per heavy atom. The SMILES string of the molecule is CCOc1ccc(-c2ccc(=O)n(CCc3nc(-c4cccc(C)c4)no3)n2)cc1. The van der Waals surface area contributed by atoms with E-state index in [1.807, 2.05) is 62.4 Å². The van der Waals surface area contributed by atoms with Gasteiger partial charge in [0.25, 0.3) is 5.56 Å². The van der Waals surface area contributed by atoms with Crippen LogP contribution < -0.4 is 10.3 Å². The first-order valence-electron chi connectivity index (χ1n) is 9.83. The van der Waals surface area contributed by atoms with Crippen LogP contribution in [0.4, 0.5) is 0 Å². The zero-order valence-electron chi connectivity index (χ0n) is 16.9. The zero-order valence-corrected chi connectivity index (χ0v) is 16.9. The lowest BCUT2D eigenvalue weighted by molar-refractivity contribution is 0.340. The predicted molar refractivity (Wildman–Crippen MR) is 113 cm³/mol. The van der Waals surface area contributed by atoms with E-state index in [4.69, 9.17) is 9.26 Å². The van der Waals surface area contributed by atoms with E-state index >= 15 is 0 Å². The molecule has 7 heteroatoms. The minimum absolute atomic E-state index is 0.178. The third-order valence-corrected chi connectivity index (χ3v) is 4.61. The van der Waals surface area contributed by atoms with Crippen molar-refractivity contribution < 1.29 is 9.26 Å². The van der Waals surface area contributed by atoms with Gasteiger partial charge >= 0.3 is 0 Å². The van der Waals surface area contributed by atoms with Crippen molar-refractivity contribution in [1.29, 1.82) is 0 Å². The molecule has 2 aromatic heterocycles. The Morgan fingerprint density at radius 3 is 2.63 bits per heavy atom. The van der Waals surface area contributed by atoms with Gasteiger partial charge in [-0.1, -0.05) is 28.9 Å². The van der Waals surface area contributed by atoms with Crippen LogP contribution in [0.15, 0.2) is 70.0 Å². The molecule has 0 spiro atoms. The molecule has 0 bridgehead atoms. The first kappa shape index (κ1) is 19.6. The maximum Gasteiger partial charge on any atom is 0.266 e. The Morgan fingerprint density at radius 2 is 1.87 bits per heavy atom. The second-order valence-corrected chi connectivity index (χ2v) is 6.87. The number of ether oxygens (including phenoxy) is 1. The lowest BCUT2D eigenvalue weighted by Gasteiger charge is -2.07. The fraction of sp³-hybridized carbons (Fsp3) is 0.217. The molecule has 0 saturated carbocycles. The quantitative estimate of drug-likeness (QED) is 0.466. The zero-order chi connectivity index (χ0) is 20.9. The second-order valence-electron chi connectivity index (χ2n) is 6.87. The highest BCUT2D eigenvalue weighted by molar-refractivity contribution is 5.59. The Balaban J connectivity index is 1.49. The molecule has 0 amide bonds. The van der Waals surface area contributed by atoms with Crippen LogP contribution >= 0.6 is 0 Å². The Hall–Kier alpha value is -3.74. The van der Waals surface area contributed by atoms with E-state index in [0.29, 0.717) is 37.0 Å². The molecule has 0 aliphatic heterocycles. The van der Waals surface area contributed by atoms with Crippen molar-refractivity contribution in [3.63, 3.8) is 0 Å². The largest absolute Gasteiger partial charge is 0.494 e. The summed E-state index contributed by atoms with van der Waals surface area (Å²) in [7, 11) is 0. The highest BCUT2D eigenvalue weighted by Crippen LogP contribution is 2.20. The molecule has 0 fully saturated rings. The normalized spacial score (nSPS) is 10.9. The van der Waals surface area contributed by atoms with Gasteiger partial charge in [-0.25, -0.2) is 4.68 Å². The molecule has 0 aliphatic carbocycles. The van der Waals surface area contributed by atoms with Crippen LogP contribution in [-0.4, -0.2) is 26.5 Å². The third-order valence-electron chi connectivity index (χ3n) is 4.61. The van der Waals surface area contributed by atoms with Gasteiger partial charge in [-0.15, -0.1) is 0 Å². The Kier molecular flexibility index (Phi) is 5.70. The molecule has 0 atom stereocenters. The maximum absolute atomic E-state index is 12.2. The van der Waals surface area contributed by atoms with Crippen LogP contribution in [0.5, 0.6) is 5.75 Å². The van der Waals surface area contributed by atoms with E-state index in [-0.39, 0.29) is 5.56 Å². The summed E-state index contributed by atoms with van der Waals surface area (Å²) in [6, 6.07) is 18.8. The van der Waals surface area contributed by atoms with Crippen LogP contribution in [0.3, 0.4) is 0 Å². The van der Waals surface area contributed by atoms with E-state index < -0.39 is 0 Å². The summed E-state index contributed by atoms with van der Waals surface area (Å²) in [4.78, 5) is 16.7. The van der Waals surface area contributed by atoms with E-state index in [2.05, 4.69) is 15.2 Å². The molecular weight excluding hydrogens is 380 g/mol. The molecule has 7 nitrogen and oxygen atoms in total. The van der Waals surface area contributed by atoms with Crippen molar-refractivity contribution in [3.05, 3.63) is 82.5 Å². The topological polar surface area (TPSA) is 83.0 Å². The fourth-order valence-corrected chi connectivity index (χ4v) is 3.11. The molecule has 2 aromatic carbocycles. The monoisotopic (exact) mass is 402 g/mol. The van der Waals surface area contributed by atoms with E-state index in [1.165, 1.54) is 10.7 Å². The minimum atomic E-state index is -0.178.